The van der Waals surface area contributed by atoms with Crippen LogP contribution in [0.2, 0.25) is 0 Å². The highest BCUT2D eigenvalue weighted by Crippen LogP contribution is 1.90. The molecule has 0 aliphatic carbocycles. The molecular formula is C9H17N3O2. The number of imidazole rings is 1. The Kier molecular flexibility index (Phi) is 7.45. The van der Waals surface area contributed by atoms with Crippen molar-refractivity contribution in [3.05, 3.63) is 18.7 Å². The van der Waals surface area contributed by atoms with E-state index in [-0.39, 0.29) is 6.47 Å². The van der Waals surface area contributed by atoms with E-state index >= 15 is 0 Å². The van der Waals surface area contributed by atoms with Crippen molar-refractivity contribution in [3.63, 3.8) is 0 Å². The van der Waals surface area contributed by atoms with E-state index in [2.05, 4.69) is 28.5 Å². The van der Waals surface area contributed by atoms with E-state index in [0.29, 0.717) is 0 Å². The first-order chi connectivity index (χ1) is 6.70. The molecule has 0 aliphatic heterocycles. The lowest BCUT2D eigenvalue weighted by atomic mass is 10.4. The number of nitrogens with zero attached hydrogens (tertiary/aromatic N) is 3. The summed E-state index contributed by atoms with van der Waals surface area (Å²) in [5, 5.41) is 6.89. The summed E-state index contributed by atoms with van der Waals surface area (Å²) in [5.74, 6) is 0. The smallest absolute Gasteiger partial charge is 0.290 e. The van der Waals surface area contributed by atoms with Gasteiger partial charge >= 0.3 is 0 Å². The molecule has 0 spiro atoms. The average Bonchev–Trinajstić information content (AvgIpc) is 2.57. The minimum absolute atomic E-state index is 0.250. The summed E-state index contributed by atoms with van der Waals surface area (Å²) in [4.78, 5) is 14.5. The average molecular weight is 199 g/mol. The molecule has 80 valence electrons. The maximum atomic E-state index is 8.36. The van der Waals surface area contributed by atoms with Gasteiger partial charge in [0, 0.05) is 18.9 Å². The van der Waals surface area contributed by atoms with Gasteiger partial charge in [0.15, 0.2) is 0 Å². The summed E-state index contributed by atoms with van der Waals surface area (Å²) in [6, 6.07) is 0. The molecule has 0 atom stereocenters. The maximum Gasteiger partial charge on any atom is 0.290 e. The van der Waals surface area contributed by atoms with E-state index in [1.807, 2.05) is 18.7 Å². The van der Waals surface area contributed by atoms with Crippen LogP contribution < -0.4 is 0 Å². The molecule has 0 saturated heterocycles. The third-order valence-corrected chi connectivity index (χ3v) is 1.58. The van der Waals surface area contributed by atoms with Gasteiger partial charge in [-0.2, -0.15) is 0 Å². The van der Waals surface area contributed by atoms with Crippen LogP contribution in [0.3, 0.4) is 0 Å². The van der Waals surface area contributed by atoms with Crippen molar-refractivity contribution in [2.24, 2.45) is 0 Å². The third-order valence-electron chi connectivity index (χ3n) is 1.58. The number of aryl methyl sites for hydroxylation is 1. The first-order valence-corrected chi connectivity index (χ1v) is 4.39. The van der Waals surface area contributed by atoms with Gasteiger partial charge in [-0.25, -0.2) is 4.98 Å². The van der Waals surface area contributed by atoms with Crippen LogP contribution in [0.15, 0.2) is 18.7 Å². The molecule has 1 heterocycles. The quantitative estimate of drug-likeness (QED) is 0.719. The topological polar surface area (TPSA) is 58.4 Å². The van der Waals surface area contributed by atoms with Gasteiger partial charge in [-0.05, 0) is 27.1 Å². The molecule has 0 aliphatic rings. The van der Waals surface area contributed by atoms with Crippen molar-refractivity contribution in [1.29, 1.82) is 0 Å². The van der Waals surface area contributed by atoms with Crippen LogP contribution in [-0.4, -0.2) is 46.7 Å². The minimum atomic E-state index is -0.250. The number of carboxylic acid groups (broad SMARTS) is 1. The molecule has 1 rings (SSSR count). The molecule has 0 amide bonds. The molecule has 0 bridgehead atoms. The summed E-state index contributed by atoms with van der Waals surface area (Å²) in [5.41, 5.74) is 0. The van der Waals surface area contributed by atoms with Crippen LogP contribution in [0.5, 0.6) is 0 Å². The van der Waals surface area contributed by atoms with Gasteiger partial charge in [-0.15, -0.1) is 0 Å². The standard InChI is InChI=1S/C8H15N3.CH2O2/c1-10(2)5-3-6-11-7-4-9-8-11;2-1-3/h4,7-8H,3,5-6H2,1-2H3;1H,(H,2,3). The molecule has 0 aromatic carbocycles. The Morgan fingerprint density at radius 2 is 2.21 bits per heavy atom. The second-order valence-electron chi connectivity index (χ2n) is 3.06. The molecule has 0 unspecified atom stereocenters. The molecule has 1 N–H and O–H groups in total. The minimum Gasteiger partial charge on any atom is -0.483 e. The largest absolute Gasteiger partial charge is 0.483 e. The summed E-state index contributed by atoms with van der Waals surface area (Å²) in [7, 11) is 4.18. The Morgan fingerprint density at radius 3 is 2.64 bits per heavy atom. The second-order valence-corrected chi connectivity index (χ2v) is 3.06. The zero-order valence-corrected chi connectivity index (χ0v) is 8.63. The molecule has 14 heavy (non-hydrogen) atoms. The van der Waals surface area contributed by atoms with Gasteiger partial charge in [-0.3, -0.25) is 4.79 Å². The molecule has 0 radical (unpaired) electrons. The van der Waals surface area contributed by atoms with Gasteiger partial charge < -0.3 is 14.6 Å². The van der Waals surface area contributed by atoms with Crippen molar-refractivity contribution in [2.75, 3.05) is 20.6 Å². The van der Waals surface area contributed by atoms with Gasteiger partial charge in [-0.1, -0.05) is 0 Å². The zero-order valence-electron chi connectivity index (χ0n) is 8.63. The number of carbonyl (C=O) groups is 1. The van der Waals surface area contributed by atoms with E-state index in [1.165, 1.54) is 6.42 Å². The lowest BCUT2D eigenvalue weighted by Gasteiger charge is -2.08. The van der Waals surface area contributed by atoms with Crippen molar-refractivity contribution >= 4 is 6.47 Å². The van der Waals surface area contributed by atoms with Crippen LogP contribution in [0, 0.1) is 0 Å². The summed E-state index contributed by atoms with van der Waals surface area (Å²) in [6.45, 7) is 1.95. The lowest BCUT2D eigenvalue weighted by molar-refractivity contribution is -0.122. The van der Waals surface area contributed by atoms with Crippen molar-refractivity contribution in [2.45, 2.75) is 13.0 Å². The molecule has 5 heteroatoms. The third kappa shape index (κ3) is 7.30. The highest BCUT2D eigenvalue weighted by molar-refractivity contribution is 5.32. The first kappa shape index (κ1) is 12.6. The molecule has 0 fully saturated rings. The zero-order chi connectivity index (χ0) is 10.8. The molecule has 5 nitrogen and oxygen atoms in total. The van der Waals surface area contributed by atoms with Crippen LogP contribution in [0.4, 0.5) is 0 Å². The van der Waals surface area contributed by atoms with E-state index in [0.717, 1.165) is 13.1 Å². The van der Waals surface area contributed by atoms with Crippen LogP contribution in [0.25, 0.3) is 0 Å². The van der Waals surface area contributed by atoms with Crippen LogP contribution in [-0.2, 0) is 11.3 Å². The Bertz CT molecular complexity index is 222. The SMILES string of the molecule is CN(C)CCCn1ccnc1.O=CO. The van der Waals surface area contributed by atoms with E-state index in [9.17, 15) is 0 Å². The van der Waals surface area contributed by atoms with Gasteiger partial charge in [0.1, 0.15) is 0 Å². The normalized spacial score (nSPS) is 9.36. The highest BCUT2D eigenvalue weighted by Gasteiger charge is 1.91. The maximum absolute atomic E-state index is 8.36. The molecule has 1 aromatic heterocycles. The molecule has 1 aromatic rings. The van der Waals surface area contributed by atoms with Crippen molar-refractivity contribution in [1.82, 2.24) is 14.5 Å². The van der Waals surface area contributed by atoms with Crippen molar-refractivity contribution < 1.29 is 9.90 Å². The van der Waals surface area contributed by atoms with Gasteiger partial charge in [0.05, 0.1) is 6.33 Å². The number of rotatable bonds is 4. The highest BCUT2D eigenvalue weighted by atomic mass is 16.3. The Balaban J connectivity index is 0.000000500. The summed E-state index contributed by atoms with van der Waals surface area (Å²) in [6.07, 6.45) is 6.85. The van der Waals surface area contributed by atoms with E-state index in [4.69, 9.17) is 9.90 Å². The van der Waals surface area contributed by atoms with E-state index in [1.54, 1.807) is 0 Å². The number of hydrogen-bond donors (Lipinski definition) is 1. The van der Waals surface area contributed by atoms with Gasteiger partial charge in [0.2, 0.25) is 0 Å². The lowest BCUT2D eigenvalue weighted by Crippen LogP contribution is -2.14. The van der Waals surface area contributed by atoms with E-state index < -0.39 is 0 Å². The Hall–Kier alpha value is -1.36. The van der Waals surface area contributed by atoms with Crippen molar-refractivity contribution in [3.8, 4) is 0 Å². The Morgan fingerprint density at radius 1 is 1.57 bits per heavy atom. The fraction of sp³-hybridized carbons (Fsp3) is 0.556. The summed E-state index contributed by atoms with van der Waals surface area (Å²) >= 11 is 0. The predicted octanol–water partition coefficient (Wildman–Crippen LogP) is 0.536. The van der Waals surface area contributed by atoms with Crippen LogP contribution in [0.1, 0.15) is 6.42 Å². The fourth-order valence-electron chi connectivity index (χ4n) is 0.989. The summed E-state index contributed by atoms with van der Waals surface area (Å²) < 4.78 is 2.10. The number of hydrogen-bond acceptors (Lipinski definition) is 3. The first-order valence-electron chi connectivity index (χ1n) is 4.39. The molecule has 0 saturated carbocycles. The van der Waals surface area contributed by atoms with Crippen LogP contribution >= 0.6 is 0 Å². The Labute approximate surface area is 84.0 Å². The fourth-order valence-corrected chi connectivity index (χ4v) is 0.989. The second kappa shape index (κ2) is 8.25. The number of aromatic nitrogens is 2. The predicted molar refractivity (Wildman–Crippen MR) is 54.1 cm³/mol. The molecular weight excluding hydrogens is 182 g/mol. The monoisotopic (exact) mass is 199 g/mol. The van der Waals surface area contributed by atoms with Gasteiger partial charge in [0.25, 0.3) is 6.47 Å².